The van der Waals surface area contributed by atoms with Crippen LogP contribution in [0.5, 0.6) is 0 Å². The van der Waals surface area contributed by atoms with Crippen LogP contribution in [0, 0.1) is 0 Å². The minimum atomic E-state index is -1.21. The molecule has 0 bridgehead atoms. The Kier molecular flexibility index (Phi) is 4.00. The predicted octanol–water partition coefficient (Wildman–Crippen LogP) is 2.34. The highest BCUT2D eigenvalue weighted by Gasteiger charge is 2.43. The van der Waals surface area contributed by atoms with Crippen LogP contribution in [0.1, 0.15) is 42.9 Å². The second-order valence-corrected chi connectivity index (χ2v) is 7.00. The molecule has 25 heavy (non-hydrogen) atoms. The summed E-state index contributed by atoms with van der Waals surface area (Å²) in [6.45, 7) is 0.712. The van der Waals surface area contributed by atoms with E-state index >= 15 is 0 Å². The number of aromatic nitrogens is 1. The number of aliphatic carboxylic acids is 1. The molecule has 1 amide bonds. The van der Waals surface area contributed by atoms with Gasteiger partial charge in [-0.3, -0.25) is 4.79 Å². The van der Waals surface area contributed by atoms with Crippen molar-refractivity contribution in [3.8, 4) is 0 Å². The van der Waals surface area contributed by atoms with Gasteiger partial charge in [0.25, 0.3) is 0 Å². The molecule has 1 aliphatic carbocycles. The molecule has 1 unspecified atom stereocenters. The van der Waals surface area contributed by atoms with E-state index in [1.54, 1.807) is 0 Å². The highest BCUT2D eigenvalue weighted by atomic mass is 16.5. The highest BCUT2D eigenvalue weighted by molar-refractivity contribution is 5.93. The monoisotopic (exact) mass is 342 g/mol. The van der Waals surface area contributed by atoms with Gasteiger partial charge in [-0.15, -0.1) is 0 Å². The average Bonchev–Trinajstić information content (AvgIpc) is 3.01. The molecule has 132 valence electrons. The van der Waals surface area contributed by atoms with Crippen LogP contribution >= 0.6 is 0 Å². The number of hydrogen-bond donors (Lipinski definition) is 3. The third-order valence-corrected chi connectivity index (χ3v) is 5.55. The number of H-pyrrole nitrogens is 1. The molecule has 2 heterocycles. The van der Waals surface area contributed by atoms with E-state index in [1.807, 2.05) is 18.2 Å². The molecule has 2 aromatic rings. The summed E-state index contributed by atoms with van der Waals surface area (Å²) >= 11 is 0. The average molecular weight is 342 g/mol. The molecule has 1 saturated heterocycles. The maximum Gasteiger partial charge on any atom is 0.329 e. The van der Waals surface area contributed by atoms with Crippen LogP contribution in [-0.4, -0.2) is 40.7 Å². The number of ether oxygens (including phenoxy) is 1. The standard InChI is InChI=1S/C19H22N2O4/c22-17(21-19(18(23)24)8-10-25-11-9-19)14-6-3-5-13-12-4-1-2-7-15(12)20-16(13)14/h1-2,4,7,14,20H,3,5-6,8-11H2,(H,21,22)(H,23,24). The Morgan fingerprint density at radius 1 is 1.24 bits per heavy atom. The number of hydrogen-bond acceptors (Lipinski definition) is 3. The number of carboxylic acid groups (broad SMARTS) is 1. The Labute approximate surface area is 145 Å². The zero-order valence-corrected chi connectivity index (χ0v) is 14.0. The summed E-state index contributed by atoms with van der Waals surface area (Å²) in [6.07, 6.45) is 3.22. The first-order valence-corrected chi connectivity index (χ1v) is 8.83. The number of fused-ring (bicyclic) bond motifs is 3. The van der Waals surface area contributed by atoms with Crippen LogP contribution in [0.3, 0.4) is 0 Å². The first kappa shape index (κ1) is 16.1. The maximum atomic E-state index is 13.0. The summed E-state index contributed by atoms with van der Waals surface area (Å²) in [5, 5.41) is 13.7. The number of para-hydroxylation sites is 1. The van der Waals surface area contributed by atoms with Gasteiger partial charge >= 0.3 is 5.97 Å². The van der Waals surface area contributed by atoms with E-state index in [4.69, 9.17) is 4.74 Å². The molecule has 0 radical (unpaired) electrons. The zero-order valence-electron chi connectivity index (χ0n) is 14.0. The van der Waals surface area contributed by atoms with Gasteiger partial charge in [-0.05, 0) is 30.9 Å². The van der Waals surface area contributed by atoms with Crippen molar-refractivity contribution in [2.24, 2.45) is 0 Å². The summed E-state index contributed by atoms with van der Waals surface area (Å²) in [4.78, 5) is 28.2. The fourth-order valence-corrected chi connectivity index (χ4v) is 4.11. The Morgan fingerprint density at radius 2 is 2.00 bits per heavy atom. The summed E-state index contributed by atoms with van der Waals surface area (Å²) in [7, 11) is 0. The molecule has 6 nitrogen and oxygen atoms in total. The first-order valence-electron chi connectivity index (χ1n) is 8.83. The van der Waals surface area contributed by atoms with Crippen molar-refractivity contribution >= 4 is 22.8 Å². The van der Waals surface area contributed by atoms with E-state index in [0.717, 1.165) is 35.9 Å². The van der Waals surface area contributed by atoms with E-state index in [2.05, 4.69) is 16.4 Å². The van der Waals surface area contributed by atoms with Crippen molar-refractivity contribution in [2.45, 2.75) is 43.6 Å². The van der Waals surface area contributed by atoms with Crippen molar-refractivity contribution in [2.75, 3.05) is 13.2 Å². The Balaban J connectivity index is 1.64. The smallest absolute Gasteiger partial charge is 0.329 e. The van der Waals surface area contributed by atoms with E-state index in [1.165, 1.54) is 5.56 Å². The molecule has 1 fully saturated rings. The number of carboxylic acids is 1. The highest BCUT2D eigenvalue weighted by Crippen LogP contribution is 2.36. The fraction of sp³-hybridized carbons (Fsp3) is 0.474. The van der Waals surface area contributed by atoms with Gasteiger partial charge < -0.3 is 20.1 Å². The van der Waals surface area contributed by atoms with Gasteiger partial charge in [0.1, 0.15) is 5.54 Å². The SMILES string of the molecule is O=C(NC1(C(=O)O)CCOCC1)C1CCCc2c1[nH]c1ccccc21. The topological polar surface area (TPSA) is 91.4 Å². The molecule has 0 spiro atoms. The molecule has 4 rings (SSSR count). The Morgan fingerprint density at radius 3 is 2.76 bits per heavy atom. The minimum absolute atomic E-state index is 0.197. The van der Waals surface area contributed by atoms with Gasteiger partial charge in [0, 0.05) is 42.7 Å². The van der Waals surface area contributed by atoms with Crippen LogP contribution in [-0.2, 0) is 20.7 Å². The number of rotatable bonds is 3. The molecule has 1 aromatic carbocycles. The van der Waals surface area contributed by atoms with Crippen LogP contribution in [0.25, 0.3) is 10.9 Å². The Bertz CT molecular complexity index is 820. The van der Waals surface area contributed by atoms with Crippen molar-refractivity contribution in [1.29, 1.82) is 0 Å². The quantitative estimate of drug-likeness (QED) is 0.798. The molecule has 6 heteroatoms. The van der Waals surface area contributed by atoms with Gasteiger partial charge in [0.2, 0.25) is 5.91 Å². The van der Waals surface area contributed by atoms with E-state index < -0.39 is 11.5 Å². The van der Waals surface area contributed by atoms with Crippen LogP contribution in [0.15, 0.2) is 24.3 Å². The minimum Gasteiger partial charge on any atom is -0.480 e. The maximum absolute atomic E-state index is 13.0. The van der Waals surface area contributed by atoms with Crippen molar-refractivity contribution < 1.29 is 19.4 Å². The lowest BCUT2D eigenvalue weighted by molar-refractivity contribution is -0.152. The van der Waals surface area contributed by atoms with Crippen molar-refractivity contribution in [3.63, 3.8) is 0 Å². The van der Waals surface area contributed by atoms with Gasteiger partial charge in [-0.2, -0.15) is 0 Å². The third-order valence-electron chi connectivity index (χ3n) is 5.55. The number of nitrogens with one attached hydrogen (secondary N) is 2. The van der Waals surface area contributed by atoms with Crippen LogP contribution < -0.4 is 5.32 Å². The molecule has 1 atom stereocenters. The second kappa shape index (κ2) is 6.19. The molecule has 3 N–H and O–H groups in total. The largest absolute Gasteiger partial charge is 0.480 e. The number of aromatic amines is 1. The second-order valence-electron chi connectivity index (χ2n) is 7.00. The van der Waals surface area contributed by atoms with Crippen molar-refractivity contribution in [3.05, 3.63) is 35.5 Å². The van der Waals surface area contributed by atoms with Gasteiger partial charge in [0.15, 0.2) is 0 Å². The molecule has 1 aliphatic heterocycles. The first-order chi connectivity index (χ1) is 12.1. The number of carbonyl (C=O) groups is 2. The molecule has 2 aliphatic rings. The summed E-state index contributed by atoms with van der Waals surface area (Å²) in [5.74, 6) is -1.50. The van der Waals surface area contributed by atoms with Crippen molar-refractivity contribution in [1.82, 2.24) is 10.3 Å². The van der Waals surface area contributed by atoms with Gasteiger partial charge in [0.05, 0.1) is 5.92 Å². The predicted molar refractivity (Wildman–Crippen MR) is 92.5 cm³/mol. The normalized spacial score (nSPS) is 22.3. The third kappa shape index (κ3) is 2.70. The van der Waals surface area contributed by atoms with E-state index in [9.17, 15) is 14.7 Å². The van der Waals surface area contributed by atoms with E-state index in [0.29, 0.717) is 26.1 Å². The van der Waals surface area contributed by atoms with Crippen LogP contribution in [0.4, 0.5) is 0 Å². The lowest BCUT2D eigenvalue weighted by Gasteiger charge is -2.35. The summed E-state index contributed by atoms with van der Waals surface area (Å²) in [6, 6.07) is 8.06. The van der Waals surface area contributed by atoms with Gasteiger partial charge in [-0.25, -0.2) is 4.79 Å². The number of amides is 1. The lowest BCUT2D eigenvalue weighted by atomic mass is 9.84. The van der Waals surface area contributed by atoms with E-state index in [-0.39, 0.29) is 11.8 Å². The molecule has 1 aromatic heterocycles. The number of aryl methyl sites for hydroxylation is 1. The molecule has 0 saturated carbocycles. The Hall–Kier alpha value is -2.34. The van der Waals surface area contributed by atoms with Crippen LogP contribution in [0.2, 0.25) is 0 Å². The fourth-order valence-electron chi connectivity index (χ4n) is 4.11. The summed E-state index contributed by atoms with van der Waals surface area (Å²) in [5.41, 5.74) is 1.96. The number of carbonyl (C=O) groups excluding carboxylic acids is 1. The zero-order chi connectivity index (χ0) is 17.4. The number of benzene rings is 1. The molecular weight excluding hydrogens is 320 g/mol. The summed E-state index contributed by atoms with van der Waals surface area (Å²) < 4.78 is 5.28. The molecular formula is C19H22N2O4. The lowest BCUT2D eigenvalue weighted by Crippen LogP contribution is -2.58. The van der Waals surface area contributed by atoms with Gasteiger partial charge in [-0.1, -0.05) is 18.2 Å².